The molecule has 0 saturated carbocycles. The van der Waals surface area contributed by atoms with Crippen LogP contribution in [0.15, 0.2) is 53.5 Å². The molecule has 0 fully saturated rings. The second-order valence-corrected chi connectivity index (χ2v) is 6.87. The van der Waals surface area contributed by atoms with Gasteiger partial charge >= 0.3 is 5.69 Å². The molecule has 0 spiro atoms. The number of rotatable bonds is 6. The quantitative estimate of drug-likeness (QED) is 0.488. The Morgan fingerprint density at radius 2 is 1.83 bits per heavy atom. The largest absolute Gasteiger partial charge is 0.497 e. The highest BCUT2D eigenvalue weighted by Crippen LogP contribution is 2.32. The number of benzene rings is 2. The van der Waals surface area contributed by atoms with E-state index in [1.54, 1.807) is 25.9 Å². The smallest absolute Gasteiger partial charge is 0.363 e. The van der Waals surface area contributed by atoms with E-state index in [2.05, 4.69) is 10.4 Å². The summed E-state index contributed by atoms with van der Waals surface area (Å²) in [5, 5.41) is 12.4. The third-order valence-corrected chi connectivity index (χ3v) is 4.97. The third kappa shape index (κ3) is 3.57. The fraction of sp³-hybridized carbons (Fsp3) is 0.238. The number of hydrogen-bond acceptors (Lipinski definition) is 6. The lowest BCUT2D eigenvalue weighted by molar-refractivity contribution is 0.395. The fourth-order valence-electron chi connectivity index (χ4n) is 3.20. The zero-order chi connectivity index (χ0) is 21.3. The van der Waals surface area contributed by atoms with Crippen LogP contribution in [0.3, 0.4) is 0 Å². The number of nitrogens with zero attached hydrogens (tertiary/aromatic N) is 6. The number of aromatic nitrogens is 6. The van der Waals surface area contributed by atoms with Gasteiger partial charge in [-0.3, -0.25) is 0 Å². The van der Waals surface area contributed by atoms with Gasteiger partial charge in [0, 0.05) is 24.9 Å². The second kappa shape index (κ2) is 7.86. The summed E-state index contributed by atoms with van der Waals surface area (Å²) in [6.07, 6.45) is 1.89. The van der Waals surface area contributed by atoms with Gasteiger partial charge in [0.2, 0.25) is 0 Å². The van der Waals surface area contributed by atoms with Gasteiger partial charge < -0.3 is 9.47 Å². The molecule has 4 aromatic rings. The molecule has 0 bridgehead atoms. The molecule has 0 atom stereocenters. The van der Waals surface area contributed by atoms with Crippen molar-refractivity contribution in [3.8, 4) is 28.4 Å². The van der Waals surface area contributed by atoms with Crippen LogP contribution in [-0.2, 0) is 13.6 Å². The monoisotopic (exact) mass is 406 g/mol. The first kappa shape index (κ1) is 19.4. The average molecular weight is 406 g/mol. The predicted molar refractivity (Wildman–Crippen MR) is 111 cm³/mol. The van der Waals surface area contributed by atoms with Crippen LogP contribution in [0.25, 0.3) is 16.9 Å². The van der Waals surface area contributed by atoms with Crippen LogP contribution in [0.1, 0.15) is 11.1 Å². The van der Waals surface area contributed by atoms with E-state index in [1.807, 2.05) is 55.6 Å². The Balaban J connectivity index is 1.67. The molecular weight excluding hydrogens is 384 g/mol. The summed E-state index contributed by atoms with van der Waals surface area (Å²) in [7, 11) is 4.82. The van der Waals surface area contributed by atoms with Gasteiger partial charge in [-0.05, 0) is 58.8 Å². The molecule has 2 aromatic carbocycles. The van der Waals surface area contributed by atoms with E-state index in [0.29, 0.717) is 12.3 Å². The topological polar surface area (TPSA) is 89.0 Å². The lowest BCUT2D eigenvalue weighted by Gasteiger charge is -2.10. The van der Waals surface area contributed by atoms with Gasteiger partial charge in [0.1, 0.15) is 11.5 Å². The van der Waals surface area contributed by atoms with Gasteiger partial charge in [-0.2, -0.15) is 14.5 Å². The maximum Gasteiger partial charge on any atom is 0.363 e. The molecule has 0 aliphatic rings. The van der Waals surface area contributed by atoms with Crippen LogP contribution in [0.5, 0.6) is 11.5 Å². The highest BCUT2D eigenvalue weighted by atomic mass is 16.5. The van der Waals surface area contributed by atoms with Gasteiger partial charge in [0.05, 0.1) is 32.1 Å². The van der Waals surface area contributed by atoms with Crippen LogP contribution in [-0.4, -0.2) is 43.8 Å². The van der Waals surface area contributed by atoms with E-state index in [1.165, 1.54) is 9.36 Å². The molecule has 0 amide bonds. The predicted octanol–water partition coefficient (Wildman–Crippen LogP) is 2.20. The summed E-state index contributed by atoms with van der Waals surface area (Å²) in [6, 6.07) is 13.5. The van der Waals surface area contributed by atoms with Crippen LogP contribution in [0.4, 0.5) is 0 Å². The summed E-state index contributed by atoms with van der Waals surface area (Å²) in [4.78, 5) is 12.1. The van der Waals surface area contributed by atoms with E-state index >= 15 is 0 Å². The first-order chi connectivity index (χ1) is 14.5. The number of tetrazole rings is 1. The van der Waals surface area contributed by atoms with E-state index in [0.717, 1.165) is 33.8 Å². The molecule has 0 unspecified atom stereocenters. The number of aryl methyl sites for hydroxylation is 2. The summed E-state index contributed by atoms with van der Waals surface area (Å²) in [6.45, 7) is 2.34. The van der Waals surface area contributed by atoms with Crippen molar-refractivity contribution in [2.24, 2.45) is 7.05 Å². The Hall–Kier alpha value is -3.88. The first-order valence-electron chi connectivity index (χ1n) is 9.35. The highest BCUT2D eigenvalue weighted by molar-refractivity contribution is 5.68. The number of hydrogen-bond donors (Lipinski definition) is 0. The Morgan fingerprint density at radius 1 is 1.00 bits per heavy atom. The molecule has 2 aromatic heterocycles. The Bertz CT molecular complexity index is 1250. The summed E-state index contributed by atoms with van der Waals surface area (Å²) >= 11 is 0. The average Bonchev–Trinajstić information content (AvgIpc) is 3.37. The molecule has 0 aliphatic carbocycles. The molecule has 30 heavy (non-hydrogen) atoms. The molecule has 0 aliphatic heterocycles. The molecule has 2 heterocycles. The Morgan fingerprint density at radius 3 is 2.53 bits per heavy atom. The SMILES string of the molecule is COc1ccc(-c2ccn(-c3ccc(C)c(Cn4nnn(C)c4=O)c3)n2)c(OC)c1. The zero-order valence-corrected chi connectivity index (χ0v) is 17.2. The minimum Gasteiger partial charge on any atom is -0.497 e. The van der Waals surface area contributed by atoms with Crippen molar-refractivity contribution < 1.29 is 9.47 Å². The van der Waals surface area contributed by atoms with Gasteiger partial charge in [0.15, 0.2) is 0 Å². The molecule has 154 valence electrons. The summed E-state index contributed by atoms with van der Waals surface area (Å²) in [5.41, 5.74) is 4.30. The number of methoxy groups -OCH3 is 2. The number of ether oxygens (including phenoxy) is 2. The molecule has 4 rings (SSSR count). The molecule has 9 nitrogen and oxygen atoms in total. The highest BCUT2D eigenvalue weighted by Gasteiger charge is 2.12. The lowest BCUT2D eigenvalue weighted by Crippen LogP contribution is -2.24. The van der Waals surface area contributed by atoms with E-state index in [4.69, 9.17) is 14.6 Å². The van der Waals surface area contributed by atoms with Crippen molar-refractivity contribution in [3.63, 3.8) is 0 Å². The van der Waals surface area contributed by atoms with E-state index in [-0.39, 0.29) is 5.69 Å². The summed E-state index contributed by atoms with van der Waals surface area (Å²) < 4.78 is 15.1. The van der Waals surface area contributed by atoms with Crippen molar-refractivity contribution >= 4 is 0 Å². The van der Waals surface area contributed by atoms with Crippen molar-refractivity contribution in [1.29, 1.82) is 0 Å². The Kier molecular flexibility index (Phi) is 5.09. The van der Waals surface area contributed by atoms with Crippen molar-refractivity contribution in [2.45, 2.75) is 13.5 Å². The Labute approximate surface area is 173 Å². The minimum absolute atomic E-state index is 0.257. The van der Waals surface area contributed by atoms with Gasteiger partial charge in [-0.25, -0.2) is 9.48 Å². The van der Waals surface area contributed by atoms with Crippen molar-refractivity contribution in [2.75, 3.05) is 14.2 Å². The van der Waals surface area contributed by atoms with Crippen molar-refractivity contribution in [3.05, 3.63) is 70.3 Å². The van der Waals surface area contributed by atoms with Crippen LogP contribution >= 0.6 is 0 Å². The van der Waals surface area contributed by atoms with Crippen LogP contribution in [0.2, 0.25) is 0 Å². The second-order valence-electron chi connectivity index (χ2n) is 6.87. The van der Waals surface area contributed by atoms with Crippen LogP contribution < -0.4 is 15.2 Å². The van der Waals surface area contributed by atoms with E-state index in [9.17, 15) is 4.79 Å². The first-order valence-corrected chi connectivity index (χ1v) is 9.35. The normalized spacial score (nSPS) is 10.9. The third-order valence-electron chi connectivity index (χ3n) is 4.97. The standard InChI is InChI=1S/C21H22N6O3/c1-14-5-6-16(11-15(14)13-27-21(28)25(2)23-24-27)26-10-9-19(22-26)18-8-7-17(29-3)12-20(18)30-4/h5-12H,13H2,1-4H3. The molecule has 0 saturated heterocycles. The van der Waals surface area contributed by atoms with Gasteiger partial charge in [0.25, 0.3) is 0 Å². The minimum atomic E-state index is -0.257. The fourth-order valence-corrected chi connectivity index (χ4v) is 3.20. The van der Waals surface area contributed by atoms with Gasteiger partial charge in [-0.15, -0.1) is 0 Å². The van der Waals surface area contributed by atoms with E-state index < -0.39 is 0 Å². The molecule has 9 heteroatoms. The lowest BCUT2D eigenvalue weighted by atomic mass is 10.1. The molecule has 0 N–H and O–H groups in total. The molecule has 0 radical (unpaired) electrons. The van der Waals surface area contributed by atoms with Crippen LogP contribution in [0, 0.1) is 6.92 Å². The zero-order valence-electron chi connectivity index (χ0n) is 17.2. The summed E-state index contributed by atoms with van der Waals surface area (Å²) in [5.74, 6) is 1.41. The maximum atomic E-state index is 12.1. The van der Waals surface area contributed by atoms with Gasteiger partial charge in [-0.1, -0.05) is 6.07 Å². The molecular formula is C21H22N6O3. The maximum absolute atomic E-state index is 12.1. The van der Waals surface area contributed by atoms with Crippen molar-refractivity contribution in [1.82, 2.24) is 29.6 Å².